The molecule has 1 aliphatic rings. The Morgan fingerprint density at radius 2 is 1.86 bits per heavy atom. The molecule has 2 N–H and O–H groups in total. The number of ether oxygens (including phenoxy) is 1. The minimum atomic E-state index is -0.335. The van der Waals surface area contributed by atoms with E-state index < -0.39 is 0 Å². The summed E-state index contributed by atoms with van der Waals surface area (Å²) in [7, 11) is 1.57. The number of amides is 3. The van der Waals surface area contributed by atoms with Crippen molar-refractivity contribution in [3.8, 4) is 5.75 Å². The quantitative estimate of drug-likeness (QED) is 0.802. The van der Waals surface area contributed by atoms with E-state index in [0.29, 0.717) is 18.0 Å². The molecule has 146 valence electrons. The van der Waals surface area contributed by atoms with Crippen LogP contribution < -0.4 is 20.3 Å². The minimum Gasteiger partial charge on any atom is -0.484 e. The summed E-state index contributed by atoms with van der Waals surface area (Å²) in [5, 5.41) is 5.39. The number of hydrogen-bond acceptors (Lipinski definition) is 4. The van der Waals surface area contributed by atoms with Crippen molar-refractivity contribution in [2.45, 2.75) is 13.3 Å². The van der Waals surface area contributed by atoms with Crippen LogP contribution in [0.25, 0.3) is 0 Å². The van der Waals surface area contributed by atoms with Gasteiger partial charge in [0.15, 0.2) is 6.61 Å². The van der Waals surface area contributed by atoms with Gasteiger partial charge in [-0.1, -0.05) is 18.2 Å². The lowest BCUT2D eigenvalue weighted by Crippen LogP contribution is -2.30. The lowest BCUT2D eigenvalue weighted by Gasteiger charge is -2.17. The van der Waals surface area contributed by atoms with Gasteiger partial charge in [0.2, 0.25) is 11.8 Å². The maximum atomic E-state index is 12.2. The van der Waals surface area contributed by atoms with E-state index in [0.717, 1.165) is 11.3 Å². The molecule has 0 bridgehead atoms. The van der Waals surface area contributed by atoms with Crippen molar-refractivity contribution in [2.24, 2.45) is 5.92 Å². The third kappa shape index (κ3) is 4.49. The zero-order valence-corrected chi connectivity index (χ0v) is 15.9. The van der Waals surface area contributed by atoms with Crippen LogP contribution in [-0.4, -0.2) is 37.9 Å². The standard InChI is InChI=1S/C21H23N3O4/c1-14-5-3-4-6-18(14)23-19(25)13-28-17-9-7-16(8-10-17)24-12-15(11-20(24)26)21(27)22-2/h3-10,15H,11-13H2,1-2H3,(H,22,27)(H,23,25)/t15-/m0/s1. The lowest BCUT2D eigenvalue weighted by atomic mass is 10.1. The van der Waals surface area contributed by atoms with Crippen molar-refractivity contribution in [1.29, 1.82) is 0 Å². The van der Waals surface area contributed by atoms with Gasteiger partial charge < -0.3 is 20.3 Å². The number of hydrogen-bond donors (Lipinski definition) is 2. The molecule has 0 saturated carbocycles. The summed E-state index contributed by atoms with van der Waals surface area (Å²) >= 11 is 0. The minimum absolute atomic E-state index is 0.0834. The van der Waals surface area contributed by atoms with Crippen LogP contribution in [0, 0.1) is 12.8 Å². The second kappa shape index (κ2) is 8.56. The van der Waals surface area contributed by atoms with Gasteiger partial charge in [-0.25, -0.2) is 0 Å². The number of nitrogens with zero attached hydrogens (tertiary/aromatic N) is 1. The van der Waals surface area contributed by atoms with Crippen molar-refractivity contribution in [3.05, 3.63) is 54.1 Å². The van der Waals surface area contributed by atoms with Gasteiger partial charge in [-0.15, -0.1) is 0 Å². The van der Waals surface area contributed by atoms with Gasteiger partial charge in [-0.05, 0) is 42.8 Å². The molecule has 1 aliphatic heterocycles. The van der Waals surface area contributed by atoms with E-state index in [1.54, 1.807) is 36.2 Å². The Balaban J connectivity index is 1.55. The molecule has 0 unspecified atom stereocenters. The Kier molecular flexibility index (Phi) is 5.93. The largest absolute Gasteiger partial charge is 0.484 e. The molecule has 7 heteroatoms. The van der Waals surface area contributed by atoms with Gasteiger partial charge >= 0.3 is 0 Å². The molecule has 0 aromatic heterocycles. The molecule has 2 aromatic rings. The monoisotopic (exact) mass is 381 g/mol. The summed E-state index contributed by atoms with van der Waals surface area (Å²) in [6, 6.07) is 14.4. The molecule has 1 heterocycles. The fourth-order valence-corrected chi connectivity index (χ4v) is 3.11. The predicted octanol–water partition coefficient (Wildman–Crippen LogP) is 2.11. The first kappa shape index (κ1) is 19.4. The van der Waals surface area contributed by atoms with Crippen molar-refractivity contribution < 1.29 is 19.1 Å². The van der Waals surface area contributed by atoms with E-state index in [2.05, 4.69) is 10.6 Å². The fraction of sp³-hybridized carbons (Fsp3) is 0.286. The Morgan fingerprint density at radius 1 is 1.14 bits per heavy atom. The van der Waals surface area contributed by atoms with Crippen molar-refractivity contribution in [2.75, 3.05) is 30.4 Å². The van der Waals surface area contributed by atoms with Crippen molar-refractivity contribution in [3.63, 3.8) is 0 Å². The van der Waals surface area contributed by atoms with E-state index in [4.69, 9.17) is 4.74 Å². The number of benzene rings is 2. The highest BCUT2D eigenvalue weighted by Crippen LogP contribution is 2.27. The highest BCUT2D eigenvalue weighted by Gasteiger charge is 2.34. The number of nitrogens with one attached hydrogen (secondary N) is 2. The maximum absolute atomic E-state index is 12.2. The second-order valence-corrected chi connectivity index (χ2v) is 6.67. The van der Waals surface area contributed by atoms with Gasteiger partial charge in [0.05, 0.1) is 5.92 Å². The first-order chi connectivity index (χ1) is 13.5. The number of anilines is 2. The van der Waals surface area contributed by atoms with Gasteiger partial charge in [0, 0.05) is 31.4 Å². The highest BCUT2D eigenvalue weighted by molar-refractivity contribution is 6.00. The number of aryl methyl sites for hydroxylation is 1. The van der Waals surface area contributed by atoms with Crippen LogP contribution in [0.4, 0.5) is 11.4 Å². The topological polar surface area (TPSA) is 87.7 Å². The highest BCUT2D eigenvalue weighted by atomic mass is 16.5. The smallest absolute Gasteiger partial charge is 0.262 e. The SMILES string of the molecule is CNC(=O)[C@H]1CC(=O)N(c2ccc(OCC(=O)Nc3ccccc3C)cc2)C1. The predicted molar refractivity (Wildman–Crippen MR) is 106 cm³/mol. The van der Waals surface area contributed by atoms with E-state index in [-0.39, 0.29) is 36.7 Å². The molecule has 3 rings (SSSR count). The van der Waals surface area contributed by atoms with Crippen LogP contribution in [0.5, 0.6) is 5.75 Å². The molecular weight excluding hydrogens is 358 g/mol. The Morgan fingerprint density at radius 3 is 2.54 bits per heavy atom. The Hall–Kier alpha value is -3.35. The maximum Gasteiger partial charge on any atom is 0.262 e. The van der Waals surface area contributed by atoms with Crippen LogP contribution in [-0.2, 0) is 14.4 Å². The van der Waals surface area contributed by atoms with Gasteiger partial charge in [-0.3, -0.25) is 14.4 Å². The first-order valence-corrected chi connectivity index (χ1v) is 9.08. The molecule has 0 radical (unpaired) electrons. The Labute approximate surface area is 163 Å². The average molecular weight is 381 g/mol. The Bertz CT molecular complexity index is 879. The normalized spacial score (nSPS) is 16.0. The van der Waals surface area contributed by atoms with Crippen LogP contribution in [0.2, 0.25) is 0 Å². The molecule has 1 fully saturated rings. The van der Waals surface area contributed by atoms with Gasteiger partial charge in [0.1, 0.15) is 5.75 Å². The van der Waals surface area contributed by atoms with Crippen LogP contribution in [0.1, 0.15) is 12.0 Å². The molecular formula is C21H23N3O4. The van der Waals surface area contributed by atoms with E-state index >= 15 is 0 Å². The molecule has 3 amide bonds. The van der Waals surface area contributed by atoms with E-state index in [1.807, 2.05) is 31.2 Å². The van der Waals surface area contributed by atoms with Gasteiger partial charge in [0.25, 0.3) is 5.91 Å². The van der Waals surface area contributed by atoms with Crippen molar-refractivity contribution >= 4 is 29.1 Å². The molecule has 1 saturated heterocycles. The zero-order chi connectivity index (χ0) is 20.1. The summed E-state index contributed by atoms with van der Waals surface area (Å²) in [5.41, 5.74) is 2.43. The summed E-state index contributed by atoms with van der Waals surface area (Å²) in [4.78, 5) is 37.6. The molecule has 28 heavy (non-hydrogen) atoms. The van der Waals surface area contributed by atoms with Crippen LogP contribution in [0.3, 0.4) is 0 Å². The summed E-state index contributed by atoms with van der Waals surface area (Å²) in [6.45, 7) is 2.16. The molecule has 2 aromatic carbocycles. The second-order valence-electron chi connectivity index (χ2n) is 6.67. The molecule has 0 spiro atoms. The van der Waals surface area contributed by atoms with Crippen LogP contribution in [0.15, 0.2) is 48.5 Å². The summed E-state index contributed by atoms with van der Waals surface area (Å²) in [6.07, 6.45) is 0.205. The number of rotatable bonds is 6. The number of para-hydroxylation sites is 1. The number of carbonyl (C=O) groups is 3. The first-order valence-electron chi connectivity index (χ1n) is 9.08. The molecule has 1 atom stereocenters. The lowest BCUT2D eigenvalue weighted by molar-refractivity contribution is -0.125. The summed E-state index contributed by atoms with van der Waals surface area (Å²) < 4.78 is 5.52. The fourth-order valence-electron chi connectivity index (χ4n) is 3.11. The van der Waals surface area contributed by atoms with Gasteiger partial charge in [-0.2, -0.15) is 0 Å². The zero-order valence-electron chi connectivity index (χ0n) is 15.9. The molecule has 0 aliphatic carbocycles. The average Bonchev–Trinajstić information content (AvgIpc) is 3.09. The van der Waals surface area contributed by atoms with Crippen molar-refractivity contribution in [1.82, 2.24) is 5.32 Å². The van der Waals surface area contributed by atoms with E-state index in [1.165, 1.54) is 0 Å². The number of carbonyl (C=O) groups excluding carboxylic acids is 3. The third-order valence-electron chi connectivity index (χ3n) is 4.68. The summed E-state index contributed by atoms with van der Waals surface area (Å²) in [5.74, 6) is -0.270. The third-order valence-corrected chi connectivity index (χ3v) is 4.68. The molecule has 7 nitrogen and oxygen atoms in total. The van der Waals surface area contributed by atoms with Crippen LogP contribution >= 0.6 is 0 Å². The van der Waals surface area contributed by atoms with E-state index in [9.17, 15) is 14.4 Å².